The van der Waals surface area contributed by atoms with E-state index < -0.39 is 0 Å². The number of nitrogens with one attached hydrogen (secondary N) is 1. The lowest BCUT2D eigenvalue weighted by atomic mass is 9.92. The molecule has 0 spiro atoms. The molecule has 1 aromatic carbocycles. The average molecular weight is 303 g/mol. The van der Waals surface area contributed by atoms with Crippen LogP contribution in [0.1, 0.15) is 36.2 Å². The second kappa shape index (κ2) is 6.32. The first-order valence-electron chi connectivity index (χ1n) is 7.45. The van der Waals surface area contributed by atoms with E-state index in [-0.39, 0.29) is 23.7 Å². The Balaban J connectivity index is 1.86. The van der Waals surface area contributed by atoms with Gasteiger partial charge in [0.15, 0.2) is 12.0 Å². The molecule has 22 heavy (non-hydrogen) atoms. The summed E-state index contributed by atoms with van der Waals surface area (Å²) in [5, 5.41) is 13.0. The molecule has 1 aromatic heterocycles. The highest BCUT2D eigenvalue weighted by molar-refractivity contribution is 5.78. The van der Waals surface area contributed by atoms with Crippen LogP contribution in [0.3, 0.4) is 0 Å². The fraction of sp³-hybridized carbons (Fsp3) is 0.353. The molecule has 1 saturated carbocycles. The predicted octanol–water partition coefficient (Wildman–Crippen LogP) is 3.61. The Bertz CT molecular complexity index is 660. The second-order valence-corrected chi connectivity index (χ2v) is 5.66. The molecule has 0 unspecified atom stereocenters. The number of furan rings is 1. The third-order valence-electron chi connectivity index (χ3n) is 4.05. The van der Waals surface area contributed by atoms with Gasteiger partial charge in [0.05, 0.1) is 6.10 Å². The van der Waals surface area contributed by atoms with Crippen molar-refractivity contribution < 1.29 is 18.7 Å². The molecule has 3 rings (SSSR count). The minimum Gasteiger partial charge on any atom is -0.453 e. The second-order valence-electron chi connectivity index (χ2n) is 5.66. The van der Waals surface area contributed by atoms with E-state index in [0.717, 1.165) is 31.4 Å². The molecule has 0 bridgehead atoms. The molecule has 0 amide bonds. The van der Waals surface area contributed by atoms with Crippen LogP contribution in [0.15, 0.2) is 34.7 Å². The zero-order chi connectivity index (χ0) is 15.5. The Morgan fingerprint density at radius 1 is 1.18 bits per heavy atom. The van der Waals surface area contributed by atoms with Crippen molar-refractivity contribution in [2.75, 3.05) is 5.32 Å². The van der Waals surface area contributed by atoms with Crippen LogP contribution < -0.4 is 5.32 Å². The first kappa shape index (κ1) is 14.8. The molecule has 5 heteroatoms. The summed E-state index contributed by atoms with van der Waals surface area (Å²) in [6, 6.07) is 7.94. The van der Waals surface area contributed by atoms with Crippen LogP contribution in [0.5, 0.6) is 0 Å². The standard InChI is InChI=1S/C17H18FNO3/c18-11-1-7-16(19-12-2-4-13(21)5-3-12)15(9-11)17-8-6-14(10-20)22-17/h1,6-10,12-13,19,21H,2-5H2. The summed E-state index contributed by atoms with van der Waals surface area (Å²) < 4.78 is 19.0. The van der Waals surface area contributed by atoms with Crippen molar-refractivity contribution >= 4 is 12.0 Å². The highest BCUT2D eigenvalue weighted by atomic mass is 19.1. The average Bonchev–Trinajstić information content (AvgIpc) is 3.00. The van der Waals surface area contributed by atoms with Gasteiger partial charge in [0.1, 0.15) is 11.6 Å². The topological polar surface area (TPSA) is 62.5 Å². The lowest BCUT2D eigenvalue weighted by Crippen LogP contribution is -2.28. The van der Waals surface area contributed by atoms with E-state index in [4.69, 9.17) is 4.42 Å². The summed E-state index contributed by atoms with van der Waals surface area (Å²) in [4.78, 5) is 10.7. The minimum atomic E-state index is -0.358. The Morgan fingerprint density at radius 2 is 1.95 bits per heavy atom. The monoisotopic (exact) mass is 303 g/mol. The van der Waals surface area contributed by atoms with Gasteiger partial charge in [-0.3, -0.25) is 4.79 Å². The van der Waals surface area contributed by atoms with E-state index >= 15 is 0 Å². The van der Waals surface area contributed by atoms with Crippen molar-refractivity contribution in [1.29, 1.82) is 0 Å². The highest BCUT2D eigenvalue weighted by Gasteiger charge is 2.20. The first-order valence-corrected chi connectivity index (χ1v) is 7.45. The smallest absolute Gasteiger partial charge is 0.185 e. The quantitative estimate of drug-likeness (QED) is 0.847. The number of rotatable bonds is 4. The van der Waals surface area contributed by atoms with Gasteiger partial charge in [0.25, 0.3) is 0 Å². The maximum absolute atomic E-state index is 13.6. The number of hydrogen-bond acceptors (Lipinski definition) is 4. The molecule has 1 fully saturated rings. The van der Waals surface area contributed by atoms with E-state index in [1.54, 1.807) is 18.2 Å². The molecule has 2 N–H and O–H groups in total. The van der Waals surface area contributed by atoms with E-state index in [0.29, 0.717) is 17.6 Å². The lowest BCUT2D eigenvalue weighted by Gasteiger charge is -2.27. The molecule has 0 atom stereocenters. The van der Waals surface area contributed by atoms with Crippen molar-refractivity contribution in [3.8, 4) is 11.3 Å². The first-order chi connectivity index (χ1) is 10.7. The van der Waals surface area contributed by atoms with Crippen molar-refractivity contribution in [3.05, 3.63) is 41.9 Å². The summed E-state index contributed by atoms with van der Waals surface area (Å²) in [7, 11) is 0. The summed E-state index contributed by atoms with van der Waals surface area (Å²) in [5.74, 6) is 0.314. The van der Waals surface area contributed by atoms with E-state index in [1.807, 2.05) is 0 Å². The van der Waals surface area contributed by atoms with Gasteiger partial charge in [0, 0.05) is 17.3 Å². The molecule has 0 saturated heterocycles. The minimum absolute atomic E-state index is 0.214. The lowest BCUT2D eigenvalue weighted by molar-refractivity contribution is 0.110. The summed E-state index contributed by atoms with van der Waals surface area (Å²) in [5.41, 5.74) is 1.37. The SMILES string of the molecule is O=Cc1ccc(-c2cc(F)ccc2NC2CCC(O)CC2)o1. The van der Waals surface area contributed by atoms with Crippen molar-refractivity contribution in [3.63, 3.8) is 0 Å². The third kappa shape index (κ3) is 3.20. The number of carbonyl (C=O) groups is 1. The molecule has 2 aromatic rings. The summed E-state index contributed by atoms with van der Waals surface area (Å²) in [6.45, 7) is 0. The molecule has 116 valence electrons. The van der Waals surface area contributed by atoms with E-state index in [1.165, 1.54) is 12.1 Å². The summed E-state index contributed by atoms with van der Waals surface area (Å²) >= 11 is 0. The Labute approximate surface area is 128 Å². The van der Waals surface area contributed by atoms with Crippen molar-refractivity contribution in [2.24, 2.45) is 0 Å². The number of aliphatic hydroxyl groups is 1. The van der Waals surface area contributed by atoms with Gasteiger partial charge in [-0.25, -0.2) is 4.39 Å². The van der Waals surface area contributed by atoms with E-state index in [2.05, 4.69) is 5.32 Å². The van der Waals surface area contributed by atoms with Crippen LogP contribution >= 0.6 is 0 Å². The van der Waals surface area contributed by atoms with Gasteiger partial charge in [-0.15, -0.1) is 0 Å². The molecule has 1 aliphatic rings. The van der Waals surface area contributed by atoms with Gasteiger partial charge >= 0.3 is 0 Å². The van der Waals surface area contributed by atoms with Gasteiger partial charge in [-0.2, -0.15) is 0 Å². The number of halogens is 1. The largest absolute Gasteiger partial charge is 0.453 e. The number of anilines is 1. The fourth-order valence-corrected chi connectivity index (χ4v) is 2.85. The van der Waals surface area contributed by atoms with Crippen LogP contribution in [0.2, 0.25) is 0 Å². The number of aliphatic hydroxyl groups excluding tert-OH is 1. The predicted molar refractivity (Wildman–Crippen MR) is 81.4 cm³/mol. The Kier molecular flexibility index (Phi) is 4.24. The number of benzene rings is 1. The van der Waals surface area contributed by atoms with Gasteiger partial charge in [-0.1, -0.05) is 0 Å². The Morgan fingerprint density at radius 3 is 2.64 bits per heavy atom. The highest BCUT2D eigenvalue weighted by Crippen LogP contribution is 2.32. The van der Waals surface area contributed by atoms with Gasteiger partial charge < -0.3 is 14.8 Å². The molecular weight excluding hydrogens is 285 g/mol. The van der Waals surface area contributed by atoms with Crippen molar-refractivity contribution in [2.45, 2.75) is 37.8 Å². The molecule has 1 heterocycles. The van der Waals surface area contributed by atoms with Crippen molar-refractivity contribution in [1.82, 2.24) is 0 Å². The fourth-order valence-electron chi connectivity index (χ4n) is 2.85. The van der Waals surface area contributed by atoms with Gasteiger partial charge in [-0.05, 0) is 56.0 Å². The number of carbonyl (C=O) groups excluding carboxylic acids is 1. The zero-order valence-corrected chi connectivity index (χ0v) is 12.1. The number of hydrogen-bond donors (Lipinski definition) is 2. The molecule has 0 radical (unpaired) electrons. The maximum atomic E-state index is 13.6. The zero-order valence-electron chi connectivity index (χ0n) is 12.1. The number of aldehydes is 1. The van der Waals surface area contributed by atoms with Crippen LogP contribution in [0.4, 0.5) is 10.1 Å². The van der Waals surface area contributed by atoms with Crippen LogP contribution in [0, 0.1) is 5.82 Å². The van der Waals surface area contributed by atoms with Crippen LogP contribution in [-0.2, 0) is 0 Å². The molecule has 0 aliphatic heterocycles. The molecular formula is C17H18FNO3. The summed E-state index contributed by atoms with van der Waals surface area (Å²) in [6.07, 6.45) is 3.68. The maximum Gasteiger partial charge on any atom is 0.185 e. The normalized spacial score (nSPS) is 21.5. The van der Waals surface area contributed by atoms with E-state index in [9.17, 15) is 14.3 Å². The third-order valence-corrected chi connectivity index (χ3v) is 4.05. The molecule has 1 aliphatic carbocycles. The van der Waals surface area contributed by atoms with Crippen LogP contribution in [0.25, 0.3) is 11.3 Å². The van der Waals surface area contributed by atoms with Crippen LogP contribution in [-0.4, -0.2) is 23.5 Å². The van der Waals surface area contributed by atoms with Gasteiger partial charge in [0.2, 0.25) is 0 Å². The Hall–Kier alpha value is -2.14. The molecule has 4 nitrogen and oxygen atoms in total.